The Balaban J connectivity index is 2.12. The predicted molar refractivity (Wildman–Crippen MR) is 65.3 cm³/mol. The third-order valence-electron chi connectivity index (χ3n) is 3.04. The maximum absolute atomic E-state index is 11.5. The van der Waals surface area contributed by atoms with E-state index >= 15 is 0 Å². The summed E-state index contributed by atoms with van der Waals surface area (Å²) in [6, 6.07) is -0.132. The van der Waals surface area contributed by atoms with Gasteiger partial charge in [-0.15, -0.1) is 0 Å². The molecule has 7 heteroatoms. The van der Waals surface area contributed by atoms with Crippen LogP contribution >= 0.6 is 0 Å². The van der Waals surface area contributed by atoms with Crippen LogP contribution in [0.2, 0.25) is 0 Å². The average Bonchev–Trinajstić information content (AvgIpc) is 2.32. The minimum Gasteiger partial charge on any atom is -0.479 e. The van der Waals surface area contributed by atoms with Crippen molar-refractivity contribution in [3.05, 3.63) is 0 Å². The zero-order valence-electron chi connectivity index (χ0n) is 10.6. The number of carbonyl (C=O) groups excluding carboxylic acids is 1. The summed E-state index contributed by atoms with van der Waals surface area (Å²) in [6.45, 7) is 2.07. The number of hydrogen-bond acceptors (Lipinski definition) is 4. The molecule has 18 heavy (non-hydrogen) atoms. The number of nitrogens with one attached hydrogen (secondary N) is 2. The lowest BCUT2D eigenvalue weighted by molar-refractivity contribution is -0.146. The molecule has 0 unspecified atom stereocenters. The van der Waals surface area contributed by atoms with Crippen molar-refractivity contribution >= 4 is 12.0 Å². The van der Waals surface area contributed by atoms with Gasteiger partial charge in [0.05, 0.1) is 0 Å². The normalized spacial score (nSPS) is 19.2. The molecule has 0 aromatic rings. The summed E-state index contributed by atoms with van der Waals surface area (Å²) in [4.78, 5) is 24.0. The number of aliphatic hydroxyl groups is 1. The molecule has 1 fully saturated rings. The van der Waals surface area contributed by atoms with Crippen LogP contribution in [0.25, 0.3) is 0 Å². The summed E-state index contributed by atoms with van der Waals surface area (Å²) in [7, 11) is 2.05. The fraction of sp³-hybridized carbons (Fsp3) is 0.818. The van der Waals surface area contributed by atoms with Crippen LogP contribution in [0.15, 0.2) is 0 Å². The number of carboxylic acids is 1. The molecule has 1 aliphatic heterocycles. The Labute approximate surface area is 106 Å². The summed E-state index contributed by atoms with van der Waals surface area (Å²) in [6.07, 6.45) is 0.424. The lowest BCUT2D eigenvalue weighted by Crippen LogP contribution is -2.47. The summed E-state index contributed by atoms with van der Waals surface area (Å²) in [5, 5.41) is 22.8. The lowest BCUT2D eigenvalue weighted by atomic mass is 10.1. The van der Waals surface area contributed by atoms with E-state index in [4.69, 9.17) is 10.2 Å². The third-order valence-corrected chi connectivity index (χ3v) is 3.04. The molecular formula is C11H21N3O4. The highest BCUT2D eigenvalue weighted by Crippen LogP contribution is 2.07. The summed E-state index contributed by atoms with van der Waals surface area (Å²) in [5.74, 6) is -1.27. The van der Waals surface area contributed by atoms with Gasteiger partial charge < -0.3 is 25.7 Å². The van der Waals surface area contributed by atoms with Crippen LogP contribution in [-0.4, -0.2) is 65.9 Å². The first kappa shape index (κ1) is 14.7. The molecular weight excluding hydrogens is 238 g/mol. The number of rotatable bonds is 5. The highest BCUT2D eigenvalue weighted by atomic mass is 16.4. The highest BCUT2D eigenvalue weighted by molar-refractivity contribution is 5.74. The second-order valence-electron chi connectivity index (χ2n) is 4.62. The number of urea groups is 1. The molecule has 0 spiro atoms. The Hall–Kier alpha value is -1.34. The summed E-state index contributed by atoms with van der Waals surface area (Å²) in [5.41, 5.74) is 0. The van der Waals surface area contributed by atoms with Gasteiger partial charge in [0.1, 0.15) is 0 Å². The van der Waals surface area contributed by atoms with Crippen molar-refractivity contribution in [2.24, 2.45) is 0 Å². The molecule has 0 bridgehead atoms. The summed E-state index contributed by atoms with van der Waals surface area (Å²) >= 11 is 0. The van der Waals surface area contributed by atoms with Crippen LogP contribution in [0.1, 0.15) is 19.3 Å². The number of hydrogen-bond donors (Lipinski definition) is 4. The van der Waals surface area contributed by atoms with Crippen molar-refractivity contribution in [1.29, 1.82) is 0 Å². The Morgan fingerprint density at radius 2 is 2.00 bits per heavy atom. The molecule has 0 aliphatic carbocycles. The van der Waals surface area contributed by atoms with Gasteiger partial charge in [0.15, 0.2) is 6.10 Å². The smallest absolute Gasteiger partial charge is 0.332 e. The molecule has 1 saturated heterocycles. The number of piperidine rings is 1. The van der Waals surface area contributed by atoms with E-state index in [1.54, 1.807) is 0 Å². The molecule has 1 atom stereocenters. The monoisotopic (exact) mass is 259 g/mol. The Kier molecular flexibility index (Phi) is 5.87. The van der Waals surface area contributed by atoms with Crippen molar-refractivity contribution < 1.29 is 19.8 Å². The Morgan fingerprint density at radius 1 is 1.39 bits per heavy atom. The maximum Gasteiger partial charge on any atom is 0.332 e. The van der Waals surface area contributed by atoms with Gasteiger partial charge in [0, 0.05) is 19.0 Å². The van der Waals surface area contributed by atoms with E-state index in [1.807, 2.05) is 7.05 Å². The van der Waals surface area contributed by atoms with Gasteiger partial charge in [-0.1, -0.05) is 0 Å². The van der Waals surface area contributed by atoms with E-state index in [-0.39, 0.29) is 25.0 Å². The molecule has 1 rings (SSSR count). The molecule has 0 aromatic heterocycles. The number of aliphatic carboxylic acids is 1. The molecule has 4 N–H and O–H groups in total. The van der Waals surface area contributed by atoms with Crippen molar-refractivity contribution in [3.8, 4) is 0 Å². The average molecular weight is 259 g/mol. The van der Waals surface area contributed by atoms with Gasteiger partial charge in [-0.2, -0.15) is 0 Å². The van der Waals surface area contributed by atoms with Crippen LogP contribution in [0.5, 0.6) is 0 Å². The van der Waals surface area contributed by atoms with Gasteiger partial charge in [0.2, 0.25) is 0 Å². The first-order valence-electron chi connectivity index (χ1n) is 6.13. The Morgan fingerprint density at radius 3 is 2.56 bits per heavy atom. The van der Waals surface area contributed by atoms with Crippen LogP contribution in [0.4, 0.5) is 4.79 Å². The number of amides is 2. The van der Waals surface area contributed by atoms with Gasteiger partial charge in [-0.05, 0) is 33.0 Å². The largest absolute Gasteiger partial charge is 0.479 e. The number of carbonyl (C=O) groups is 2. The lowest BCUT2D eigenvalue weighted by Gasteiger charge is -2.29. The number of nitrogens with zero attached hydrogens (tertiary/aromatic N) is 1. The van der Waals surface area contributed by atoms with Crippen molar-refractivity contribution in [2.75, 3.05) is 26.7 Å². The fourth-order valence-electron chi connectivity index (χ4n) is 1.84. The SMILES string of the molecule is CN1CCC(NC(=O)NCC[C@H](O)C(=O)O)CC1. The van der Waals surface area contributed by atoms with Gasteiger partial charge >= 0.3 is 12.0 Å². The first-order chi connectivity index (χ1) is 8.49. The molecule has 0 saturated carbocycles. The van der Waals surface area contributed by atoms with E-state index in [0.717, 1.165) is 25.9 Å². The van der Waals surface area contributed by atoms with Crippen LogP contribution in [-0.2, 0) is 4.79 Å². The molecule has 1 heterocycles. The second-order valence-corrected chi connectivity index (χ2v) is 4.62. The van der Waals surface area contributed by atoms with E-state index in [2.05, 4.69) is 15.5 Å². The second kappa shape index (κ2) is 7.17. The minimum atomic E-state index is -1.42. The van der Waals surface area contributed by atoms with Crippen LogP contribution < -0.4 is 10.6 Å². The van der Waals surface area contributed by atoms with Gasteiger partial charge in [0.25, 0.3) is 0 Å². The van der Waals surface area contributed by atoms with E-state index in [9.17, 15) is 9.59 Å². The van der Waals surface area contributed by atoms with E-state index < -0.39 is 12.1 Å². The van der Waals surface area contributed by atoms with E-state index in [1.165, 1.54) is 0 Å². The number of aliphatic hydroxyl groups excluding tert-OH is 1. The maximum atomic E-state index is 11.5. The topological polar surface area (TPSA) is 102 Å². The Bertz CT molecular complexity index is 290. The molecule has 0 radical (unpaired) electrons. The zero-order chi connectivity index (χ0) is 13.5. The molecule has 2 amide bonds. The first-order valence-corrected chi connectivity index (χ1v) is 6.13. The number of carboxylic acid groups (broad SMARTS) is 1. The van der Waals surface area contributed by atoms with E-state index in [0.29, 0.717) is 0 Å². The van der Waals surface area contributed by atoms with Gasteiger partial charge in [-0.25, -0.2) is 9.59 Å². The molecule has 104 valence electrons. The molecule has 0 aromatic carbocycles. The fourth-order valence-corrected chi connectivity index (χ4v) is 1.84. The zero-order valence-corrected chi connectivity index (χ0v) is 10.6. The van der Waals surface area contributed by atoms with Crippen molar-refractivity contribution in [1.82, 2.24) is 15.5 Å². The highest BCUT2D eigenvalue weighted by Gasteiger charge is 2.18. The van der Waals surface area contributed by atoms with Gasteiger partial charge in [-0.3, -0.25) is 0 Å². The quantitative estimate of drug-likeness (QED) is 0.518. The van der Waals surface area contributed by atoms with Crippen molar-refractivity contribution in [2.45, 2.75) is 31.4 Å². The van der Waals surface area contributed by atoms with Crippen LogP contribution in [0.3, 0.4) is 0 Å². The standard InChI is InChI=1S/C11H21N3O4/c1-14-6-3-8(4-7-14)13-11(18)12-5-2-9(15)10(16)17/h8-9,15H,2-7H2,1H3,(H,16,17)(H2,12,13,18)/t9-/m0/s1. The third kappa shape index (κ3) is 5.33. The van der Waals surface area contributed by atoms with Crippen molar-refractivity contribution in [3.63, 3.8) is 0 Å². The number of likely N-dealkylation sites (tertiary alicyclic amines) is 1. The minimum absolute atomic E-state index is 0.0101. The predicted octanol–water partition coefficient (Wildman–Crippen LogP) is -0.785. The molecule has 7 nitrogen and oxygen atoms in total. The van der Waals surface area contributed by atoms with Crippen LogP contribution in [0, 0.1) is 0 Å². The molecule has 1 aliphatic rings. The summed E-state index contributed by atoms with van der Waals surface area (Å²) < 4.78 is 0.